The Morgan fingerprint density at radius 2 is 2.46 bits per heavy atom. The summed E-state index contributed by atoms with van der Waals surface area (Å²) in [4.78, 5) is 15.8. The minimum atomic E-state index is -0.366. The standard InChI is InChI=1S/C9H16N2OS/c1-3-6(2)7(10)8(12)9-11-4-5-13-9/h6-7H,3-5,10H2,1-2H3. The fourth-order valence-corrected chi connectivity index (χ4v) is 1.98. The molecule has 1 rings (SSSR count). The molecule has 0 bridgehead atoms. The number of aliphatic imine (C=N–C) groups is 1. The minimum Gasteiger partial charge on any atom is -0.321 e. The molecule has 0 amide bonds. The second-order valence-corrected chi connectivity index (χ2v) is 4.39. The largest absolute Gasteiger partial charge is 0.321 e. The Morgan fingerprint density at radius 1 is 1.77 bits per heavy atom. The summed E-state index contributed by atoms with van der Waals surface area (Å²) < 4.78 is 0. The number of rotatable bonds is 4. The predicted octanol–water partition coefficient (Wildman–Crippen LogP) is 1.07. The van der Waals surface area contributed by atoms with E-state index in [0.29, 0.717) is 5.04 Å². The van der Waals surface area contributed by atoms with Gasteiger partial charge in [0.1, 0.15) is 5.04 Å². The molecule has 0 saturated carbocycles. The van der Waals surface area contributed by atoms with Crippen molar-refractivity contribution in [2.24, 2.45) is 16.6 Å². The van der Waals surface area contributed by atoms with Gasteiger partial charge in [-0.2, -0.15) is 0 Å². The van der Waals surface area contributed by atoms with Gasteiger partial charge in [-0.15, -0.1) is 11.8 Å². The molecule has 0 aliphatic carbocycles. The summed E-state index contributed by atoms with van der Waals surface area (Å²) in [6, 6.07) is -0.366. The van der Waals surface area contributed by atoms with Crippen LogP contribution in [0.15, 0.2) is 4.99 Å². The predicted molar refractivity (Wildman–Crippen MR) is 57.2 cm³/mol. The van der Waals surface area contributed by atoms with E-state index in [-0.39, 0.29) is 17.7 Å². The van der Waals surface area contributed by atoms with E-state index in [2.05, 4.69) is 4.99 Å². The summed E-state index contributed by atoms with van der Waals surface area (Å²) in [5.41, 5.74) is 5.81. The number of carbonyl (C=O) groups excluding carboxylic acids is 1. The second kappa shape index (κ2) is 4.77. The van der Waals surface area contributed by atoms with Crippen molar-refractivity contribution in [3.63, 3.8) is 0 Å². The van der Waals surface area contributed by atoms with E-state index in [9.17, 15) is 4.79 Å². The Labute approximate surface area is 83.2 Å². The number of Topliss-reactive ketones (excluding diaryl/α,β-unsaturated/α-hetero) is 1. The van der Waals surface area contributed by atoms with Crippen molar-refractivity contribution in [1.82, 2.24) is 0 Å². The van der Waals surface area contributed by atoms with Gasteiger partial charge in [0.15, 0.2) is 0 Å². The van der Waals surface area contributed by atoms with Crippen LogP contribution in [0.1, 0.15) is 20.3 Å². The third-order valence-corrected chi connectivity index (χ3v) is 3.35. The Bertz CT molecular complexity index is 228. The molecule has 4 heteroatoms. The first kappa shape index (κ1) is 10.7. The fourth-order valence-electron chi connectivity index (χ4n) is 1.14. The topological polar surface area (TPSA) is 55.5 Å². The lowest BCUT2D eigenvalue weighted by Crippen LogP contribution is -2.39. The van der Waals surface area contributed by atoms with Crippen molar-refractivity contribution in [3.05, 3.63) is 0 Å². The van der Waals surface area contributed by atoms with Gasteiger partial charge < -0.3 is 5.73 Å². The molecule has 0 spiro atoms. The lowest BCUT2D eigenvalue weighted by Gasteiger charge is -2.16. The molecule has 13 heavy (non-hydrogen) atoms. The summed E-state index contributed by atoms with van der Waals surface area (Å²) in [5.74, 6) is 1.20. The van der Waals surface area contributed by atoms with Gasteiger partial charge in [-0.05, 0) is 5.92 Å². The van der Waals surface area contributed by atoms with Crippen LogP contribution in [-0.2, 0) is 4.79 Å². The van der Waals surface area contributed by atoms with Crippen LogP contribution in [0.2, 0.25) is 0 Å². The van der Waals surface area contributed by atoms with Crippen LogP contribution in [0, 0.1) is 5.92 Å². The second-order valence-electron chi connectivity index (χ2n) is 3.31. The van der Waals surface area contributed by atoms with Gasteiger partial charge in [-0.1, -0.05) is 20.3 Å². The summed E-state index contributed by atoms with van der Waals surface area (Å²) >= 11 is 1.53. The third kappa shape index (κ3) is 2.54. The maximum atomic E-state index is 11.7. The first-order valence-corrected chi connectivity index (χ1v) is 5.62. The highest BCUT2D eigenvalue weighted by Gasteiger charge is 2.25. The molecule has 2 atom stereocenters. The van der Waals surface area contributed by atoms with Crippen molar-refractivity contribution in [2.75, 3.05) is 12.3 Å². The highest BCUT2D eigenvalue weighted by molar-refractivity contribution is 8.16. The monoisotopic (exact) mass is 200 g/mol. The first-order chi connectivity index (χ1) is 6.16. The van der Waals surface area contributed by atoms with Crippen LogP contribution < -0.4 is 5.73 Å². The number of hydrogen-bond acceptors (Lipinski definition) is 4. The van der Waals surface area contributed by atoms with Crippen LogP contribution in [0.5, 0.6) is 0 Å². The first-order valence-electron chi connectivity index (χ1n) is 4.63. The van der Waals surface area contributed by atoms with E-state index >= 15 is 0 Å². The zero-order valence-electron chi connectivity index (χ0n) is 8.12. The molecule has 2 unspecified atom stereocenters. The van der Waals surface area contributed by atoms with E-state index in [1.807, 2.05) is 13.8 Å². The van der Waals surface area contributed by atoms with Crippen LogP contribution in [-0.4, -0.2) is 29.2 Å². The Hall–Kier alpha value is -0.350. The molecule has 0 saturated heterocycles. The van der Waals surface area contributed by atoms with Crippen LogP contribution in [0.3, 0.4) is 0 Å². The molecule has 74 valence electrons. The smallest absolute Gasteiger partial charge is 0.204 e. The van der Waals surface area contributed by atoms with Gasteiger partial charge >= 0.3 is 0 Å². The molecular formula is C9H16N2OS. The van der Waals surface area contributed by atoms with Crippen molar-refractivity contribution >= 4 is 22.6 Å². The molecule has 0 fully saturated rings. The van der Waals surface area contributed by atoms with Gasteiger partial charge in [-0.25, -0.2) is 0 Å². The summed E-state index contributed by atoms with van der Waals surface area (Å²) in [6.45, 7) is 4.81. The van der Waals surface area contributed by atoms with Gasteiger partial charge in [0.05, 0.1) is 6.04 Å². The molecule has 1 aliphatic rings. The molecule has 1 aliphatic heterocycles. The number of hydrogen-bond donors (Lipinski definition) is 1. The Balaban J connectivity index is 2.56. The summed E-state index contributed by atoms with van der Waals surface area (Å²) in [5, 5.41) is 0.632. The third-order valence-electron chi connectivity index (χ3n) is 2.36. The molecule has 0 aromatic rings. The lowest BCUT2D eigenvalue weighted by atomic mass is 9.97. The SMILES string of the molecule is CCC(C)C(N)C(=O)C1=NCCS1. The lowest BCUT2D eigenvalue weighted by molar-refractivity contribution is -0.114. The van der Waals surface area contributed by atoms with E-state index < -0.39 is 0 Å². The molecule has 3 nitrogen and oxygen atoms in total. The highest BCUT2D eigenvalue weighted by atomic mass is 32.2. The average Bonchev–Trinajstić information content (AvgIpc) is 2.67. The highest BCUT2D eigenvalue weighted by Crippen LogP contribution is 2.16. The number of nitrogens with zero attached hydrogens (tertiary/aromatic N) is 1. The number of ketones is 1. The number of thioether (sulfide) groups is 1. The van der Waals surface area contributed by atoms with Gasteiger partial charge in [0.25, 0.3) is 0 Å². The number of carbonyl (C=O) groups is 1. The quantitative estimate of drug-likeness (QED) is 0.738. The average molecular weight is 200 g/mol. The van der Waals surface area contributed by atoms with Gasteiger partial charge in [0.2, 0.25) is 5.78 Å². The molecule has 0 aromatic carbocycles. The number of nitrogens with two attached hydrogens (primary N) is 1. The van der Waals surface area contributed by atoms with Crippen LogP contribution in [0.25, 0.3) is 0 Å². The fraction of sp³-hybridized carbons (Fsp3) is 0.778. The van der Waals surface area contributed by atoms with Crippen LogP contribution in [0.4, 0.5) is 0 Å². The van der Waals surface area contributed by atoms with Crippen molar-refractivity contribution in [3.8, 4) is 0 Å². The van der Waals surface area contributed by atoms with Gasteiger partial charge in [-0.3, -0.25) is 9.79 Å². The Kier molecular flexibility index (Phi) is 3.93. The summed E-state index contributed by atoms with van der Waals surface area (Å²) in [7, 11) is 0. The summed E-state index contributed by atoms with van der Waals surface area (Å²) in [6.07, 6.45) is 0.935. The van der Waals surface area contributed by atoms with E-state index in [0.717, 1.165) is 18.7 Å². The van der Waals surface area contributed by atoms with Crippen molar-refractivity contribution in [2.45, 2.75) is 26.3 Å². The molecular weight excluding hydrogens is 184 g/mol. The molecule has 2 N–H and O–H groups in total. The van der Waals surface area contributed by atoms with Crippen molar-refractivity contribution in [1.29, 1.82) is 0 Å². The van der Waals surface area contributed by atoms with Crippen molar-refractivity contribution < 1.29 is 4.79 Å². The Morgan fingerprint density at radius 3 is 2.92 bits per heavy atom. The maximum absolute atomic E-state index is 11.7. The maximum Gasteiger partial charge on any atom is 0.204 e. The molecule has 1 heterocycles. The van der Waals surface area contributed by atoms with E-state index in [4.69, 9.17) is 5.73 Å². The van der Waals surface area contributed by atoms with Crippen LogP contribution >= 0.6 is 11.8 Å². The van der Waals surface area contributed by atoms with E-state index in [1.165, 1.54) is 11.8 Å². The normalized spacial score (nSPS) is 21.0. The minimum absolute atomic E-state index is 0.0249. The molecule has 0 radical (unpaired) electrons. The van der Waals surface area contributed by atoms with E-state index in [1.54, 1.807) is 0 Å². The zero-order chi connectivity index (χ0) is 9.84. The van der Waals surface area contributed by atoms with Gasteiger partial charge in [0, 0.05) is 12.3 Å². The zero-order valence-corrected chi connectivity index (χ0v) is 8.93. The molecule has 0 aromatic heterocycles.